The Balaban J connectivity index is 2.12. The summed E-state index contributed by atoms with van der Waals surface area (Å²) in [6.07, 6.45) is 0. The molecular formula is C15H11ClO3. The molecule has 96 valence electrons. The molecule has 0 spiro atoms. The van der Waals surface area contributed by atoms with E-state index in [0.29, 0.717) is 27.7 Å². The van der Waals surface area contributed by atoms with Gasteiger partial charge in [0, 0.05) is 5.39 Å². The van der Waals surface area contributed by atoms with Crippen molar-refractivity contribution in [3.8, 4) is 0 Å². The average Bonchev–Trinajstić information content (AvgIpc) is 2.93. The zero-order valence-corrected chi connectivity index (χ0v) is 11.2. The standard InChI is InChI=1S/C15H11ClO3/c1-8-6-10(9(2)18-8)15(17)14-7-11-12(16)4-3-5-13(11)19-14/h3-7H,1-2H3. The number of benzene rings is 1. The monoisotopic (exact) mass is 274 g/mol. The highest BCUT2D eigenvalue weighted by atomic mass is 35.5. The molecule has 3 rings (SSSR count). The predicted octanol–water partition coefficient (Wildman–Crippen LogP) is 4.53. The van der Waals surface area contributed by atoms with Crippen LogP contribution in [0.4, 0.5) is 0 Å². The van der Waals surface area contributed by atoms with Crippen LogP contribution in [0.25, 0.3) is 11.0 Å². The maximum Gasteiger partial charge on any atom is 0.231 e. The van der Waals surface area contributed by atoms with Gasteiger partial charge in [0.2, 0.25) is 5.78 Å². The third-order valence-electron chi connectivity index (χ3n) is 3.02. The Kier molecular flexibility index (Phi) is 2.72. The van der Waals surface area contributed by atoms with Gasteiger partial charge in [-0.05, 0) is 38.1 Å². The topological polar surface area (TPSA) is 43.4 Å². The molecular weight excluding hydrogens is 264 g/mol. The molecule has 0 bridgehead atoms. The maximum atomic E-state index is 12.4. The van der Waals surface area contributed by atoms with Crippen LogP contribution in [0.5, 0.6) is 0 Å². The van der Waals surface area contributed by atoms with Crippen LogP contribution in [0.2, 0.25) is 5.02 Å². The van der Waals surface area contributed by atoms with Gasteiger partial charge in [-0.1, -0.05) is 17.7 Å². The van der Waals surface area contributed by atoms with E-state index in [1.165, 1.54) is 0 Å². The van der Waals surface area contributed by atoms with Crippen molar-refractivity contribution >= 4 is 28.4 Å². The van der Waals surface area contributed by atoms with E-state index >= 15 is 0 Å². The number of rotatable bonds is 2. The van der Waals surface area contributed by atoms with Crippen molar-refractivity contribution in [1.29, 1.82) is 0 Å². The van der Waals surface area contributed by atoms with Crippen molar-refractivity contribution < 1.29 is 13.6 Å². The van der Waals surface area contributed by atoms with Gasteiger partial charge in [-0.2, -0.15) is 0 Å². The molecule has 2 aromatic heterocycles. The Labute approximate surface area is 114 Å². The minimum Gasteiger partial charge on any atom is -0.466 e. The molecule has 3 aromatic rings. The molecule has 0 fully saturated rings. The van der Waals surface area contributed by atoms with Crippen LogP contribution in [0.15, 0.2) is 39.2 Å². The molecule has 0 aliphatic heterocycles. The number of aryl methyl sites for hydroxylation is 2. The fourth-order valence-corrected chi connectivity index (χ4v) is 2.35. The number of carbonyl (C=O) groups excluding carboxylic acids is 1. The van der Waals surface area contributed by atoms with Gasteiger partial charge in [-0.25, -0.2) is 0 Å². The highest BCUT2D eigenvalue weighted by Gasteiger charge is 2.20. The number of halogens is 1. The van der Waals surface area contributed by atoms with Gasteiger partial charge in [0.1, 0.15) is 17.1 Å². The summed E-state index contributed by atoms with van der Waals surface area (Å²) in [6, 6.07) is 8.72. The summed E-state index contributed by atoms with van der Waals surface area (Å²) in [6.45, 7) is 3.56. The minimum atomic E-state index is -0.193. The van der Waals surface area contributed by atoms with Crippen molar-refractivity contribution in [2.75, 3.05) is 0 Å². The highest BCUT2D eigenvalue weighted by molar-refractivity contribution is 6.35. The highest BCUT2D eigenvalue weighted by Crippen LogP contribution is 2.28. The zero-order chi connectivity index (χ0) is 13.6. The lowest BCUT2D eigenvalue weighted by atomic mass is 10.1. The number of carbonyl (C=O) groups is 1. The molecule has 0 radical (unpaired) electrons. The average molecular weight is 275 g/mol. The first-order valence-electron chi connectivity index (χ1n) is 5.86. The van der Waals surface area contributed by atoms with Gasteiger partial charge < -0.3 is 8.83 Å². The zero-order valence-electron chi connectivity index (χ0n) is 10.5. The summed E-state index contributed by atoms with van der Waals surface area (Å²) in [5.41, 5.74) is 1.13. The van der Waals surface area contributed by atoms with E-state index in [1.807, 2.05) is 0 Å². The van der Waals surface area contributed by atoms with Crippen molar-refractivity contribution in [3.05, 3.63) is 58.2 Å². The Morgan fingerprint density at radius 3 is 2.58 bits per heavy atom. The number of furan rings is 2. The molecule has 0 amide bonds. The van der Waals surface area contributed by atoms with E-state index in [2.05, 4.69) is 0 Å². The van der Waals surface area contributed by atoms with Crippen LogP contribution in [-0.4, -0.2) is 5.78 Å². The summed E-state index contributed by atoms with van der Waals surface area (Å²) in [4.78, 5) is 12.4. The third kappa shape index (κ3) is 1.96. The van der Waals surface area contributed by atoms with Crippen LogP contribution in [-0.2, 0) is 0 Å². The number of fused-ring (bicyclic) bond motifs is 1. The molecule has 0 aliphatic carbocycles. The number of hydrogen-bond acceptors (Lipinski definition) is 3. The second-order valence-corrected chi connectivity index (χ2v) is 4.83. The maximum absolute atomic E-state index is 12.4. The van der Waals surface area contributed by atoms with E-state index < -0.39 is 0 Å². The summed E-state index contributed by atoms with van der Waals surface area (Å²) in [5, 5.41) is 1.31. The van der Waals surface area contributed by atoms with Gasteiger partial charge in [-0.3, -0.25) is 4.79 Å². The lowest BCUT2D eigenvalue weighted by molar-refractivity contribution is 0.101. The van der Waals surface area contributed by atoms with E-state index in [0.717, 1.165) is 5.39 Å². The predicted molar refractivity (Wildman–Crippen MR) is 72.8 cm³/mol. The summed E-state index contributed by atoms with van der Waals surface area (Å²) >= 11 is 6.07. The van der Waals surface area contributed by atoms with E-state index in [-0.39, 0.29) is 11.5 Å². The fourth-order valence-electron chi connectivity index (χ4n) is 2.13. The molecule has 0 atom stereocenters. The first kappa shape index (κ1) is 12.1. The smallest absolute Gasteiger partial charge is 0.231 e. The van der Waals surface area contributed by atoms with E-state index in [4.69, 9.17) is 20.4 Å². The molecule has 0 unspecified atom stereocenters. The van der Waals surface area contributed by atoms with Crippen molar-refractivity contribution in [1.82, 2.24) is 0 Å². The molecule has 0 N–H and O–H groups in total. The molecule has 19 heavy (non-hydrogen) atoms. The molecule has 0 aliphatic rings. The van der Waals surface area contributed by atoms with Crippen LogP contribution in [0, 0.1) is 13.8 Å². The minimum absolute atomic E-state index is 0.193. The Morgan fingerprint density at radius 2 is 1.95 bits per heavy atom. The van der Waals surface area contributed by atoms with Crippen molar-refractivity contribution in [3.63, 3.8) is 0 Å². The second-order valence-electron chi connectivity index (χ2n) is 4.42. The number of ketones is 1. The van der Waals surface area contributed by atoms with E-state index in [1.54, 1.807) is 44.2 Å². The fraction of sp³-hybridized carbons (Fsp3) is 0.133. The molecule has 4 heteroatoms. The SMILES string of the molecule is Cc1cc(C(=O)c2cc3c(Cl)cccc3o2)c(C)o1. The van der Waals surface area contributed by atoms with Crippen molar-refractivity contribution in [2.24, 2.45) is 0 Å². The van der Waals surface area contributed by atoms with E-state index in [9.17, 15) is 4.79 Å². The Bertz CT molecular complexity index is 780. The second kappa shape index (κ2) is 4.28. The summed E-state index contributed by atoms with van der Waals surface area (Å²) < 4.78 is 10.9. The van der Waals surface area contributed by atoms with Gasteiger partial charge in [0.15, 0.2) is 5.76 Å². The van der Waals surface area contributed by atoms with Gasteiger partial charge in [0.05, 0.1) is 10.6 Å². The normalized spacial score (nSPS) is 11.1. The molecule has 0 saturated carbocycles. The van der Waals surface area contributed by atoms with Crippen molar-refractivity contribution in [2.45, 2.75) is 13.8 Å². The third-order valence-corrected chi connectivity index (χ3v) is 3.35. The lowest BCUT2D eigenvalue weighted by Crippen LogP contribution is -1.99. The van der Waals surface area contributed by atoms with Gasteiger partial charge in [0.25, 0.3) is 0 Å². The quantitative estimate of drug-likeness (QED) is 0.645. The first-order chi connectivity index (χ1) is 9.06. The van der Waals surface area contributed by atoms with Crippen LogP contribution in [0.3, 0.4) is 0 Å². The van der Waals surface area contributed by atoms with Gasteiger partial charge >= 0.3 is 0 Å². The lowest BCUT2D eigenvalue weighted by Gasteiger charge is -1.93. The molecule has 0 saturated heterocycles. The molecule has 2 heterocycles. The molecule has 3 nitrogen and oxygen atoms in total. The van der Waals surface area contributed by atoms with Crippen LogP contribution in [0.1, 0.15) is 27.6 Å². The summed E-state index contributed by atoms with van der Waals surface area (Å²) in [7, 11) is 0. The molecule has 1 aromatic carbocycles. The Morgan fingerprint density at radius 1 is 1.16 bits per heavy atom. The Hall–Kier alpha value is -2.00. The van der Waals surface area contributed by atoms with Gasteiger partial charge in [-0.15, -0.1) is 0 Å². The van der Waals surface area contributed by atoms with Crippen LogP contribution < -0.4 is 0 Å². The first-order valence-corrected chi connectivity index (χ1v) is 6.24. The largest absolute Gasteiger partial charge is 0.466 e. The van der Waals surface area contributed by atoms with Crippen LogP contribution >= 0.6 is 11.6 Å². The summed E-state index contributed by atoms with van der Waals surface area (Å²) in [5.74, 6) is 1.37. The number of hydrogen-bond donors (Lipinski definition) is 0.